The van der Waals surface area contributed by atoms with Gasteiger partial charge in [0.15, 0.2) is 5.69 Å². The Balaban J connectivity index is 1.39. The van der Waals surface area contributed by atoms with E-state index in [1.165, 1.54) is 6.42 Å². The normalized spacial score (nSPS) is 26.2. The molecule has 0 radical (unpaired) electrons. The number of amides is 2. The van der Waals surface area contributed by atoms with E-state index in [2.05, 4.69) is 0 Å². The molecule has 1 saturated carbocycles. The van der Waals surface area contributed by atoms with Gasteiger partial charge in [0.1, 0.15) is 0 Å². The molecule has 2 unspecified atom stereocenters. The highest BCUT2D eigenvalue weighted by Crippen LogP contribution is 2.60. The Hall–Kier alpha value is -2.40. The van der Waals surface area contributed by atoms with Crippen molar-refractivity contribution < 1.29 is 23.4 Å². The first kappa shape index (κ1) is 24.9. The van der Waals surface area contributed by atoms with Gasteiger partial charge in [-0.15, -0.1) is 0 Å². The molecule has 2 saturated heterocycles. The van der Waals surface area contributed by atoms with Gasteiger partial charge in [-0.2, -0.15) is 15.7 Å². The van der Waals surface area contributed by atoms with Crippen LogP contribution in [0.5, 0.6) is 0 Å². The lowest BCUT2D eigenvalue weighted by molar-refractivity contribution is -0.138. The Morgan fingerprint density at radius 3 is 2.49 bits per heavy atom. The molecule has 1 aliphatic carbocycles. The molecule has 9 nitrogen and oxygen atoms in total. The number of benzene rings is 1. The predicted molar refractivity (Wildman–Crippen MR) is 141 cm³/mol. The Morgan fingerprint density at radius 1 is 0.946 bits per heavy atom. The molecule has 4 aliphatic rings. The fraction of sp³-hybridized carbons (Fsp3) is 0.593. The number of likely N-dealkylation sites (tertiary alicyclic amines) is 1. The summed E-state index contributed by atoms with van der Waals surface area (Å²) < 4.78 is 29.5. The van der Waals surface area contributed by atoms with Crippen LogP contribution in [0.3, 0.4) is 0 Å². The molecule has 1 aromatic carbocycles. The van der Waals surface area contributed by atoms with E-state index in [9.17, 15) is 18.7 Å². The van der Waals surface area contributed by atoms with E-state index in [1.54, 1.807) is 11.0 Å². The first-order valence-electron chi connectivity index (χ1n) is 13.6. The van der Waals surface area contributed by atoms with Crippen molar-refractivity contribution in [2.24, 2.45) is 5.92 Å². The van der Waals surface area contributed by atoms with Crippen molar-refractivity contribution in [3.63, 3.8) is 0 Å². The van der Waals surface area contributed by atoms with E-state index in [-0.39, 0.29) is 29.5 Å². The first-order chi connectivity index (χ1) is 17.9. The van der Waals surface area contributed by atoms with Gasteiger partial charge in [0, 0.05) is 43.2 Å². The van der Waals surface area contributed by atoms with Crippen LogP contribution in [0, 0.1) is 5.92 Å². The number of morpholine rings is 1. The minimum Gasteiger partial charge on any atom is -0.378 e. The molecule has 3 fully saturated rings. The summed E-state index contributed by atoms with van der Waals surface area (Å²) in [7, 11) is -3.11. The quantitative estimate of drug-likeness (QED) is 0.612. The molecule has 0 spiro atoms. The van der Waals surface area contributed by atoms with Gasteiger partial charge in [0.25, 0.3) is 5.91 Å². The third-order valence-electron chi connectivity index (χ3n) is 8.36. The van der Waals surface area contributed by atoms with Gasteiger partial charge >= 0.3 is 0 Å². The first-order valence-corrected chi connectivity index (χ1v) is 15.3. The van der Waals surface area contributed by atoms with Crippen LogP contribution in [0.4, 0.5) is 0 Å². The smallest absolute Gasteiger partial charge is 0.274 e. The number of carbonyl (C=O) groups is 2. The van der Waals surface area contributed by atoms with Crippen LogP contribution in [0.1, 0.15) is 67.0 Å². The fourth-order valence-corrected chi connectivity index (χ4v) is 8.10. The Kier molecular flexibility index (Phi) is 6.77. The predicted octanol–water partition coefficient (Wildman–Crippen LogP) is 4.39. The maximum Gasteiger partial charge on any atom is 0.274 e. The lowest BCUT2D eigenvalue weighted by atomic mass is 9.84. The largest absolute Gasteiger partial charge is 0.378 e. The van der Waals surface area contributed by atoms with Gasteiger partial charge in [-0.3, -0.25) is 23.4 Å². The highest BCUT2D eigenvalue weighted by molar-refractivity contribution is 8.23. The second-order valence-electron chi connectivity index (χ2n) is 10.7. The molecule has 1 aromatic heterocycles. The molecular weight excluding hydrogens is 492 g/mol. The zero-order chi connectivity index (χ0) is 25.6. The van der Waals surface area contributed by atoms with Gasteiger partial charge in [0.05, 0.1) is 35.6 Å². The highest BCUT2D eigenvalue weighted by atomic mass is 32.3. The molecule has 200 valence electrons. The summed E-state index contributed by atoms with van der Waals surface area (Å²) in [5.41, 5.74) is 2.44. The lowest BCUT2D eigenvalue weighted by Gasteiger charge is -2.39. The Bertz CT molecular complexity index is 1190. The standard InChI is InChI=1S/C27H36N4O5S/c32-26(29-11-4-1-5-12-29)19-7-6-8-20(17-19)31-25-21-9-2-3-10-23(21)37(34,35)18-22(25)24(28-31)27(33)30-13-15-36-16-14-30/h2-3,9-10,19-20,34-35H,1,4-8,11-18H2. The average Bonchev–Trinajstić information content (AvgIpc) is 3.32. The zero-order valence-corrected chi connectivity index (χ0v) is 22.0. The molecule has 37 heavy (non-hydrogen) atoms. The summed E-state index contributed by atoms with van der Waals surface area (Å²) in [4.78, 5) is 31.3. The molecule has 10 heteroatoms. The van der Waals surface area contributed by atoms with E-state index < -0.39 is 10.6 Å². The number of carbonyl (C=O) groups excluding carboxylic acids is 2. The van der Waals surface area contributed by atoms with Crippen molar-refractivity contribution in [3.05, 3.63) is 35.5 Å². The minimum atomic E-state index is -3.11. The van der Waals surface area contributed by atoms with Crippen molar-refractivity contribution in [1.29, 1.82) is 0 Å². The summed E-state index contributed by atoms with van der Waals surface area (Å²) in [6, 6.07) is 7.32. The van der Waals surface area contributed by atoms with Crippen LogP contribution in [0.15, 0.2) is 29.2 Å². The number of hydrogen-bond acceptors (Lipinski definition) is 6. The summed E-state index contributed by atoms with van der Waals surface area (Å²) >= 11 is 0. The molecule has 2 atom stereocenters. The summed E-state index contributed by atoms with van der Waals surface area (Å²) in [5, 5.41) is 4.91. The van der Waals surface area contributed by atoms with Crippen LogP contribution in [-0.2, 0) is 15.3 Å². The molecule has 2 aromatic rings. The molecule has 0 bridgehead atoms. The van der Waals surface area contributed by atoms with Crippen LogP contribution in [0.2, 0.25) is 0 Å². The number of nitrogens with zero attached hydrogens (tertiary/aromatic N) is 4. The van der Waals surface area contributed by atoms with Crippen LogP contribution >= 0.6 is 10.6 Å². The fourth-order valence-electron chi connectivity index (χ4n) is 6.45. The van der Waals surface area contributed by atoms with Crippen LogP contribution < -0.4 is 0 Å². The summed E-state index contributed by atoms with van der Waals surface area (Å²) in [6.45, 7) is 3.64. The second-order valence-corrected chi connectivity index (χ2v) is 12.8. The topological polar surface area (TPSA) is 108 Å². The maximum absolute atomic E-state index is 13.6. The molecule has 2 N–H and O–H groups in total. The SMILES string of the molecule is O=C(c1nn(C2CCCC(C(=O)N3CCCCC3)C2)c2c1CS(O)(O)c1ccccc1-2)N1CCOCC1. The minimum absolute atomic E-state index is 0.0202. The molecular formula is C27H36N4O5S. The Labute approximate surface area is 219 Å². The number of piperidine rings is 1. The van der Waals surface area contributed by atoms with E-state index in [0.717, 1.165) is 56.5 Å². The average molecular weight is 529 g/mol. The summed E-state index contributed by atoms with van der Waals surface area (Å²) in [6.07, 6.45) is 6.71. The van der Waals surface area contributed by atoms with Crippen molar-refractivity contribution in [2.75, 3.05) is 39.4 Å². The van der Waals surface area contributed by atoms with E-state index in [1.807, 2.05) is 27.8 Å². The molecule has 4 heterocycles. The van der Waals surface area contributed by atoms with Crippen molar-refractivity contribution in [2.45, 2.75) is 61.6 Å². The summed E-state index contributed by atoms with van der Waals surface area (Å²) in [5.74, 6) is -0.00302. The number of rotatable bonds is 3. The number of aromatic nitrogens is 2. The monoisotopic (exact) mass is 528 g/mol. The van der Waals surface area contributed by atoms with Crippen molar-refractivity contribution >= 4 is 22.4 Å². The molecule has 2 amide bonds. The highest BCUT2D eigenvalue weighted by Gasteiger charge is 2.40. The molecule has 6 rings (SSSR count). The lowest BCUT2D eigenvalue weighted by Crippen LogP contribution is -2.41. The molecule has 3 aliphatic heterocycles. The third-order valence-corrected chi connectivity index (χ3v) is 10.1. The number of ether oxygens (including phenoxy) is 1. The van der Waals surface area contributed by atoms with Gasteiger partial charge in [-0.05, 0) is 44.6 Å². The van der Waals surface area contributed by atoms with E-state index in [0.29, 0.717) is 48.9 Å². The van der Waals surface area contributed by atoms with Gasteiger partial charge in [0.2, 0.25) is 5.91 Å². The van der Waals surface area contributed by atoms with Gasteiger partial charge < -0.3 is 14.5 Å². The second kappa shape index (κ2) is 10.1. The van der Waals surface area contributed by atoms with E-state index >= 15 is 0 Å². The van der Waals surface area contributed by atoms with Gasteiger partial charge in [-0.25, -0.2) is 0 Å². The van der Waals surface area contributed by atoms with Crippen molar-refractivity contribution in [3.8, 4) is 11.3 Å². The zero-order valence-electron chi connectivity index (χ0n) is 21.2. The van der Waals surface area contributed by atoms with Crippen LogP contribution in [-0.4, -0.2) is 79.9 Å². The van der Waals surface area contributed by atoms with E-state index in [4.69, 9.17) is 9.84 Å². The van der Waals surface area contributed by atoms with Crippen LogP contribution in [0.25, 0.3) is 11.3 Å². The third kappa shape index (κ3) is 4.58. The number of fused-ring (bicyclic) bond motifs is 3. The van der Waals surface area contributed by atoms with Gasteiger partial charge in [-0.1, -0.05) is 24.6 Å². The maximum atomic E-state index is 13.6. The number of hydrogen-bond donors (Lipinski definition) is 2. The Morgan fingerprint density at radius 2 is 1.70 bits per heavy atom. The van der Waals surface area contributed by atoms with Crippen molar-refractivity contribution in [1.82, 2.24) is 19.6 Å².